The van der Waals surface area contributed by atoms with E-state index in [0.717, 1.165) is 24.2 Å². The van der Waals surface area contributed by atoms with Crippen LogP contribution in [0, 0.1) is 0 Å². The van der Waals surface area contributed by atoms with Crippen LogP contribution >= 0.6 is 0 Å². The van der Waals surface area contributed by atoms with E-state index in [4.69, 9.17) is 9.47 Å². The van der Waals surface area contributed by atoms with Crippen molar-refractivity contribution in [3.63, 3.8) is 0 Å². The topological polar surface area (TPSA) is 38.8 Å². The number of carbonyl (C=O) groups is 1. The molecule has 0 unspecified atom stereocenters. The molecule has 2 heterocycles. The summed E-state index contributed by atoms with van der Waals surface area (Å²) in [6.07, 6.45) is 3.45. The van der Waals surface area contributed by atoms with Gasteiger partial charge in [-0.25, -0.2) is 0 Å². The van der Waals surface area contributed by atoms with Gasteiger partial charge in [-0.3, -0.25) is 4.79 Å². The molecule has 114 valence electrons. The number of hydrogen-bond acceptors (Lipinski definition) is 3. The highest BCUT2D eigenvalue weighted by atomic mass is 16.5. The predicted molar refractivity (Wildman–Crippen MR) is 80.6 cm³/mol. The van der Waals surface area contributed by atoms with Gasteiger partial charge in [-0.05, 0) is 57.4 Å². The number of fused-ring (bicyclic) bond motifs is 2. The van der Waals surface area contributed by atoms with Crippen molar-refractivity contribution in [2.24, 2.45) is 0 Å². The fourth-order valence-electron chi connectivity index (χ4n) is 3.26. The molecule has 4 heteroatoms. The Hall–Kier alpha value is -1.55. The van der Waals surface area contributed by atoms with Gasteiger partial charge in [0.05, 0.1) is 31.4 Å². The first-order valence-corrected chi connectivity index (χ1v) is 7.82. The van der Waals surface area contributed by atoms with Crippen molar-refractivity contribution in [2.75, 3.05) is 13.2 Å². The van der Waals surface area contributed by atoms with Crippen molar-refractivity contribution in [3.8, 4) is 5.75 Å². The van der Waals surface area contributed by atoms with Crippen LogP contribution in [0.1, 0.15) is 43.5 Å². The summed E-state index contributed by atoms with van der Waals surface area (Å²) in [5, 5.41) is 0. The van der Waals surface area contributed by atoms with Crippen molar-refractivity contribution in [1.29, 1.82) is 0 Å². The van der Waals surface area contributed by atoms with E-state index in [9.17, 15) is 4.79 Å². The summed E-state index contributed by atoms with van der Waals surface area (Å²) in [5.74, 6) is 0.938. The van der Waals surface area contributed by atoms with E-state index in [-0.39, 0.29) is 24.1 Å². The second kappa shape index (κ2) is 6.06. The maximum Gasteiger partial charge on any atom is 0.254 e. The third-order valence-electron chi connectivity index (χ3n) is 4.19. The second-order valence-corrected chi connectivity index (χ2v) is 6.18. The number of ether oxygens (including phenoxy) is 2. The van der Waals surface area contributed by atoms with Gasteiger partial charge in [0.2, 0.25) is 0 Å². The van der Waals surface area contributed by atoms with Gasteiger partial charge in [-0.15, -0.1) is 0 Å². The maximum absolute atomic E-state index is 12.8. The van der Waals surface area contributed by atoms with Gasteiger partial charge in [-0.1, -0.05) is 0 Å². The lowest BCUT2D eigenvalue weighted by Gasteiger charge is -2.45. The molecule has 1 aromatic rings. The lowest BCUT2D eigenvalue weighted by Crippen LogP contribution is -2.57. The molecule has 21 heavy (non-hydrogen) atoms. The summed E-state index contributed by atoms with van der Waals surface area (Å²) in [6.45, 7) is 5.34. The van der Waals surface area contributed by atoms with Crippen LogP contribution in [-0.2, 0) is 4.74 Å². The Balaban J connectivity index is 1.75. The molecule has 2 aliphatic rings. The van der Waals surface area contributed by atoms with Crippen LogP contribution in [0.3, 0.4) is 0 Å². The van der Waals surface area contributed by atoms with Gasteiger partial charge in [0.15, 0.2) is 0 Å². The lowest BCUT2D eigenvalue weighted by atomic mass is 9.93. The quantitative estimate of drug-likeness (QED) is 0.859. The first kappa shape index (κ1) is 14.4. The lowest BCUT2D eigenvalue weighted by molar-refractivity contribution is -0.0565. The Bertz CT molecular complexity index is 475. The monoisotopic (exact) mass is 289 g/mol. The third kappa shape index (κ3) is 3.05. The molecule has 0 radical (unpaired) electrons. The highest BCUT2D eigenvalue weighted by molar-refractivity contribution is 5.95. The smallest absolute Gasteiger partial charge is 0.254 e. The van der Waals surface area contributed by atoms with Crippen molar-refractivity contribution in [3.05, 3.63) is 29.8 Å². The molecule has 0 aromatic heterocycles. The Kier molecular flexibility index (Phi) is 4.15. The number of amides is 1. The van der Waals surface area contributed by atoms with Crippen LogP contribution in [0.2, 0.25) is 0 Å². The average molecular weight is 289 g/mol. The van der Waals surface area contributed by atoms with Gasteiger partial charge in [0, 0.05) is 5.56 Å². The van der Waals surface area contributed by atoms with Crippen LogP contribution in [-0.4, -0.2) is 42.2 Å². The predicted octanol–water partition coefficient (Wildman–Crippen LogP) is 2.87. The highest BCUT2D eigenvalue weighted by Crippen LogP contribution is 2.29. The van der Waals surface area contributed by atoms with Gasteiger partial charge in [0.25, 0.3) is 5.91 Å². The van der Waals surface area contributed by atoms with E-state index in [1.807, 2.05) is 43.0 Å². The van der Waals surface area contributed by atoms with Gasteiger partial charge >= 0.3 is 0 Å². The molecule has 1 amide bonds. The molecule has 2 saturated heterocycles. The number of carbonyl (C=O) groups excluding carboxylic acids is 1. The molecule has 1 aromatic carbocycles. The zero-order valence-corrected chi connectivity index (χ0v) is 12.7. The number of rotatable bonds is 3. The van der Waals surface area contributed by atoms with E-state index in [1.165, 1.54) is 6.42 Å². The number of benzene rings is 1. The number of nitrogens with zero attached hydrogens (tertiary/aromatic N) is 1. The summed E-state index contributed by atoms with van der Waals surface area (Å²) in [7, 11) is 0. The fourth-order valence-corrected chi connectivity index (χ4v) is 3.26. The molecular weight excluding hydrogens is 266 g/mol. The second-order valence-electron chi connectivity index (χ2n) is 6.18. The minimum absolute atomic E-state index is 0.129. The number of morpholine rings is 1. The number of piperidine rings is 1. The molecule has 2 fully saturated rings. The van der Waals surface area contributed by atoms with E-state index in [2.05, 4.69) is 0 Å². The average Bonchev–Trinajstić information content (AvgIpc) is 2.46. The minimum Gasteiger partial charge on any atom is -0.491 e. The summed E-state index contributed by atoms with van der Waals surface area (Å²) >= 11 is 0. The molecule has 2 aliphatic heterocycles. The summed E-state index contributed by atoms with van der Waals surface area (Å²) < 4.78 is 11.2. The minimum atomic E-state index is 0.129. The Morgan fingerprint density at radius 3 is 2.38 bits per heavy atom. The van der Waals surface area contributed by atoms with Crippen LogP contribution in [0.15, 0.2) is 24.3 Å². The summed E-state index contributed by atoms with van der Waals surface area (Å²) in [6, 6.07) is 7.98. The molecule has 2 atom stereocenters. The molecular formula is C17H23NO3. The fraction of sp³-hybridized carbons (Fsp3) is 0.588. The van der Waals surface area contributed by atoms with Gasteiger partial charge < -0.3 is 14.4 Å². The Morgan fingerprint density at radius 2 is 1.81 bits per heavy atom. The number of hydrogen-bond donors (Lipinski definition) is 0. The van der Waals surface area contributed by atoms with Crippen LogP contribution in [0.4, 0.5) is 0 Å². The highest BCUT2D eigenvalue weighted by Gasteiger charge is 2.37. The standard InChI is InChI=1S/C17H23NO3/c1-12(2)21-16-8-6-13(7-9-16)17(19)18-14-4-3-5-15(18)11-20-10-14/h6-9,12,14-15H,3-5,10-11H2,1-2H3/t14-,15-/m1/s1. The molecule has 4 nitrogen and oxygen atoms in total. The van der Waals surface area contributed by atoms with Crippen LogP contribution in [0.5, 0.6) is 5.75 Å². The third-order valence-corrected chi connectivity index (χ3v) is 4.19. The van der Waals surface area contributed by atoms with Gasteiger partial charge in [0.1, 0.15) is 5.75 Å². The summed E-state index contributed by atoms with van der Waals surface area (Å²) in [5.41, 5.74) is 0.741. The van der Waals surface area contributed by atoms with E-state index >= 15 is 0 Å². The Morgan fingerprint density at radius 1 is 1.19 bits per heavy atom. The first-order chi connectivity index (χ1) is 10.1. The molecule has 0 N–H and O–H groups in total. The van der Waals surface area contributed by atoms with Crippen LogP contribution in [0.25, 0.3) is 0 Å². The molecule has 0 spiro atoms. The largest absolute Gasteiger partial charge is 0.491 e. The SMILES string of the molecule is CC(C)Oc1ccc(C(=O)N2[C@@H]3CCC[C@@H]2COC3)cc1. The molecule has 2 bridgehead atoms. The van der Waals surface area contributed by atoms with Gasteiger partial charge in [-0.2, -0.15) is 0 Å². The van der Waals surface area contributed by atoms with Crippen molar-refractivity contribution in [2.45, 2.75) is 51.3 Å². The van der Waals surface area contributed by atoms with Crippen LogP contribution < -0.4 is 4.74 Å². The maximum atomic E-state index is 12.8. The van der Waals surface area contributed by atoms with E-state index in [1.54, 1.807) is 0 Å². The normalized spacial score (nSPS) is 25.0. The molecule has 3 rings (SSSR count). The van der Waals surface area contributed by atoms with E-state index < -0.39 is 0 Å². The van der Waals surface area contributed by atoms with Crippen molar-refractivity contribution < 1.29 is 14.3 Å². The zero-order valence-electron chi connectivity index (χ0n) is 12.7. The molecule has 0 saturated carbocycles. The summed E-state index contributed by atoms with van der Waals surface area (Å²) in [4.78, 5) is 14.8. The van der Waals surface area contributed by atoms with Crippen molar-refractivity contribution >= 4 is 5.91 Å². The van der Waals surface area contributed by atoms with Crippen molar-refractivity contribution in [1.82, 2.24) is 4.90 Å². The molecule has 0 aliphatic carbocycles. The van der Waals surface area contributed by atoms with E-state index in [0.29, 0.717) is 13.2 Å². The zero-order chi connectivity index (χ0) is 14.8. The Labute approximate surface area is 126 Å². The first-order valence-electron chi connectivity index (χ1n) is 7.82.